The van der Waals surface area contributed by atoms with Gasteiger partial charge in [0, 0.05) is 17.5 Å². The van der Waals surface area contributed by atoms with Gasteiger partial charge in [0.05, 0.1) is 6.10 Å². The summed E-state index contributed by atoms with van der Waals surface area (Å²) < 4.78 is 12.8. The Morgan fingerprint density at radius 3 is 1.72 bits per heavy atom. The molecule has 4 rings (SSSR count). The second-order valence-electron chi connectivity index (χ2n) is 7.90. The van der Waals surface area contributed by atoms with Crippen LogP contribution in [0.15, 0.2) is 103 Å². The summed E-state index contributed by atoms with van der Waals surface area (Å²) in [5.41, 5.74) is 4.12. The van der Waals surface area contributed by atoms with Crippen LogP contribution in [0.5, 0.6) is 0 Å². The van der Waals surface area contributed by atoms with Crippen molar-refractivity contribution in [3.05, 3.63) is 120 Å². The fourth-order valence-electron chi connectivity index (χ4n) is 3.87. The molecule has 32 heavy (non-hydrogen) atoms. The highest BCUT2D eigenvalue weighted by atomic mass is 31.2. The smallest absolute Gasteiger partial charge is 0.307 e. The summed E-state index contributed by atoms with van der Waals surface area (Å²) in [7, 11) is -2.97. The van der Waals surface area contributed by atoms with E-state index in [1.54, 1.807) is 0 Å². The molecule has 0 saturated heterocycles. The van der Waals surface area contributed by atoms with Gasteiger partial charge in [0.1, 0.15) is 0 Å². The van der Waals surface area contributed by atoms with Gasteiger partial charge in [-0.2, -0.15) is 0 Å². The average molecular weight is 442 g/mol. The molecule has 0 fully saturated rings. The topological polar surface area (TPSA) is 35.5 Å². The van der Waals surface area contributed by atoms with E-state index in [9.17, 15) is 4.79 Å². The minimum Gasteiger partial charge on any atom is -0.418 e. The Morgan fingerprint density at radius 1 is 0.719 bits per heavy atom. The van der Waals surface area contributed by atoms with Gasteiger partial charge in [-0.25, -0.2) is 0 Å². The second-order valence-corrected chi connectivity index (χ2v) is 10.4. The number of rotatable bonds is 6. The number of carbonyl (C=O) groups excluding carboxylic acids is 1. The Bertz CT molecular complexity index is 1200. The number of hydrogen-bond acceptors (Lipinski definition) is 3. The molecule has 0 saturated carbocycles. The summed E-state index contributed by atoms with van der Waals surface area (Å²) in [5, 5.41) is 1.81. The third-order valence-electron chi connectivity index (χ3n) is 5.08. The molecule has 1 aliphatic rings. The maximum atomic E-state index is 12.5. The molecule has 3 aromatic rings. The molecule has 162 valence electrons. The first-order chi connectivity index (χ1) is 15.5. The minimum absolute atomic E-state index is 0.139. The Hall–Kier alpha value is -3.13. The molecule has 1 atom stereocenters. The maximum absolute atomic E-state index is 12.5. The summed E-state index contributed by atoms with van der Waals surface area (Å²) in [6.45, 7) is 5.41. The highest BCUT2D eigenvalue weighted by molar-refractivity contribution is 7.78. The molecule has 1 heterocycles. The predicted octanol–water partition coefficient (Wildman–Crippen LogP) is 7.18. The fraction of sp³-hybridized carbons (Fsp3) is 0.143. The molecule has 3 aromatic carbocycles. The zero-order valence-electron chi connectivity index (χ0n) is 18.6. The maximum Gasteiger partial charge on any atom is 0.307 e. The summed E-state index contributed by atoms with van der Waals surface area (Å²) in [4.78, 5) is 12.5. The fourth-order valence-corrected chi connectivity index (χ4v) is 7.15. The van der Waals surface area contributed by atoms with E-state index in [1.807, 2.05) is 92.7 Å². The number of hydrogen-bond donors (Lipinski definition) is 0. The molecule has 0 spiro atoms. The summed E-state index contributed by atoms with van der Waals surface area (Å²) in [5.74, 6) is -0.356. The molecule has 0 radical (unpaired) electrons. The van der Waals surface area contributed by atoms with E-state index >= 15 is 0 Å². The van der Waals surface area contributed by atoms with Gasteiger partial charge in [-0.3, -0.25) is 4.79 Å². The van der Waals surface area contributed by atoms with Crippen LogP contribution in [-0.4, -0.2) is 17.4 Å². The van der Waals surface area contributed by atoms with Gasteiger partial charge in [0.25, 0.3) is 0 Å². The third kappa shape index (κ3) is 4.55. The summed E-state index contributed by atoms with van der Waals surface area (Å²) >= 11 is 0. The van der Waals surface area contributed by atoms with Gasteiger partial charge in [0.2, 0.25) is 7.34 Å². The van der Waals surface area contributed by atoms with Crippen molar-refractivity contribution in [2.24, 2.45) is 0 Å². The molecule has 4 heteroatoms. The Morgan fingerprint density at radius 2 is 1.22 bits per heavy atom. The van der Waals surface area contributed by atoms with Gasteiger partial charge in [-0.05, 0) is 48.3 Å². The Labute approximate surface area is 190 Å². The molecule has 0 aromatic heterocycles. The van der Waals surface area contributed by atoms with Crippen molar-refractivity contribution >= 4 is 29.5 Å². The van der Waals surface area contributed by atoms with Crippen LogP contribution in [-0.2, 0) is 13.8 Å². The van der Waals surface area contributed by atoms with Gasteiger partial charge in [-0.15, -0.1) is 0 Å². The van der Waals surface area contributed by atoms with Gasteiger partial charge >= 0.3 is 5.97 Å². The van der Waals surface area contributed by atoms with E-state index in [1.165, 1.54) is 6.92 Å². The lowest BCUT2D eigenvalue weighted by Gasteiger charge is -2.35. The number of allylic oxidation sites excluding steroid dienone is 3. The predicted molar refractivity (Wildman–Crippen MR) is 134 cm³/mol. The lowest BCUT2D eigenvalue weighted by Crippen LogP contribution is -2.17. The molecule has 0 bridgehead atoms. The van der Waals surface area contributed by atoms with E-state index in [0.29, 0.717) is 0 Å². The van der Waals surface area contributed by atoms with E-state index in [4.69, 9.17) is 9.05 Å². The van der Waals surface area contributed by atoms with Crippen LogP contribution in [0.1, 0.15) is 37.5 Å². The average Bonchev–Trinajstić information content (AvgIpc) is 2.80. The van der Waals surface area contributed by atoms with Crippen LogP contribution in [0, 0.1) is 0 Å². The van der Waals surface area contributed by atoms with E-state index in [2.05, 4.69) is 24.3 Å². The normalized spacial score (nSPS) is 18.2. The summed E-state index contributed by atoms with van der Waals surface area (Å²) in [6, 6.07) is 30.4. The molecule has 0 N–H and O–H groups in total. The zero-order chi connectivity index (χ0) is 22.6. The Balaban J connectivity index is 2.12. The highest BCUT2D eigenvalue weighted by Crippen LogP contribution is 2.67. The standard InChI is InChI=1S/C28H27O3P/c1-21(2)30-32(31-22(3)29)27(24-15-9-5-10-16-24)19-26(23-13-7-4-8-14-23)20-28(32)25-17-11-6-12-18-25/h4-21H,1-3H3. The molecule has 3 nitrogen and oxygen atoms in total. The lowest BCUT2D eigenvalue weighted by molar-refractivity contribution is -0.131. The first-order valence-corrected chi connectivity index (χ1v) is 12.4. The van der Waals surface area contributed by atoms with Gasteiger partial charge < -0.3 is 9.05 Å². The second kappa shape index (κ2) is 9.56. The minimum atomic E-state index is -2.97. The van der Waals surface area contributed by atoms with E-state index in [0.717, 1.165) is 32.9 Å². The van der Waals surface area contributed by atoms with Crippen LogP contribution in [0.2, 0.25) is 0 Å². The van der Waals surface area contributed by atoms with E-state index < -0.39 is 7.34 Å². The summed E-state index contributed by atoms with van der Waals surface area (Å²) in [6.07, 6.45) is 4.10. The molecule has 0 aliphatic carbocycles. The zero-order valence-corrected chi connectivity index (χ0v) is 19.5. The third-order valence-corrected chi connectivity index (χ3v) is 8.36. The van der Waals surface area contributed by atoms with Crippen LogP contribution in [0.25, 0.3) is 10.9 Å². The lowest BCUT2D eigenvalue weighted by atomic mass is 10.0. The molecular formula is C28H27O3P. The monoisotopic (exact) mass is 442 g/mol. The van der Waals surface area contributed by atoms with Gasteiger partial charge in [-0.1, -0.05) is 91.0 Å². The van der Waals surface area contributed by atoms with Gasteiger partial charge in [0.15, 0.2) is 0 Å². The molecular weight excluding hydrogens is 415 g/mol. The van der Waals surface area contributed by atoms with Crippen molar-refractivity contribution in [2.75, 3.05) is 0 Å². The highest BCUT2D eigenvalue weighted by Gasteiger charge is 2.37. The van der Waals surface area contributed by atoms with E-state index in [-0.39, 0.29) is 12.1 Å². The van der Waals surface area contributed by atoms with Crippen LogP contribution in [0.4, 0.5) is 0 Å². The van der Waals surface area contributed by atoms with Crippen LogP contribution in [0.3, 0.4) is 0 Å². The molecule has 1 unspecified atom stereocenters. The number of carbonyl (C=O) groups is 1. The first-order valence-electron chi connectivity index (χ1n) is 10.7. The molecule has 0 amide bonds. The van der Waals surface area contributed by atoms with Crippen molar-refractivity contribution < 1.29 is 13.8 Å². The van der Waals surface area contributed by atoms with Crippen molar-refractivity contribution in [2.45, 2.75) is 26.9 Å². The molecule has 1 aliphatic heterocycles. The van der Waals surface area contributed by atoms with Crippen LogP contribution < -0.4 is 0 Å². The largest absolute Gasteiger partial charge is 0.418 e. The van der Waals surface area contributed by atoms with Crippen molar-refractivity contribution in [3.63, 3.8) is 0 Å². The van der Waals surface area contributed by atoms with Crippen molar-refractivity contribution in [3.8, 4) is 0 Å². The first kappa shape index (κ1) is 22.1. The quantitative estimate of drug-likeness (QED) is 0.379. The SMILES string of the molecule is CC(=O)OP1(OC(C)C)=C(c2ccccc2)C=C(c2ccccc2)C=C1c1ccccc1. The van der Waals surface area contributed by atoms with Crippen LogP contribution >= 0.6 is 7.34 Å². The van der Waals surface area contributed by atoms with Crippen molar-refractivity contribution in [1.82, 2.24) is 0 Å². The number of benzene rings is 3. The Kier molecular flexibility index (Phi) is 6.60. The van der Waals surface area contributed by atoms with Crippen molar-refractivity contribution in [1.29, 1.82) is 0 Å².